The Morgan fingerprint density at radius 1 is 1.36 bits per heavy atom. The Balaban J connectivity index is 2.90. The maximum absolute atomic E-state index is 10.9. The van der Waals surface area contributed by atoms with Gasteiger partial charge >= 0.3 is 0 Å². The molecule has 0 atom stereocenters. The molecule has 0 unspecified atom stereocenters. The first-order chi connectivity index (χ1) is 5.24. The number of ketones is 1. The molecular weight excluding hydrogens is 139 g/mol. The lowest BCUT2D eigenvalue weighted by Gasteiger charge is -1.96. The molecule has 0 aliphatic carbocycles. The number of aliphatic hydroxyl groups excluding tert-OH is 1. The number of benzene rings is 1. The van der Waals surface area contributed by atoms with Crippen molar-refractivity contribution in [2.24, 2.45) is 0 Å². The molecule has 0 radical (unpaired) electrons. The number of hydrogen-bond donors (Lipinski definition) is 1. The molecule has 0 bridgehead atoms. The van der Waals surface area contributed by atoms with Crippen LogP contribution in [0.3, 0.4) is 0 Å². The Morgan fingerprint density at radius 3 is 2.36 bits per heavy atom. The highest BCUT2D eigenvalue weighted by molar-refractivity contribution is 6.32. The van der Waals surface area contributed by atoms with Gasteiger partial charge in [-0.3, -0.25) is 4.79 Å². The fraction of sp³-hybridized carbons (Fsp3) is 0.125. The number of carbonyl (C=O) groups excluding carboxylic acids is 1. The van der Waals surface area contributed by atoms with Crippen LogP contribution in [0.15, 0.2) is 24.3 Å². The van der Waals surface area contributed by atoms with Crippen LogP contribution < -0.4 is 5.46 Å². The van der Waals surface area contributed by atoms with Crippen LogP contribution in [0.5, 0.6) is 0 Å². The summed E-state index contributed by atoms with van der Waals surface area (Å²) in [6, 6.07) is 7.13. The maximum atomic E-state index is 10.9. The predicted molar refractivity (Wildman–Crippen MR) is 46.0 cm³/mol. The van der Waals surface area contributed by atoms with Crippen molar-refractivity contribution in [1.29, 1.82) is 0 Å². The molecule has 11 heavy (non-hydrogen) atoms. The van der Waals surface area contributed by atoms with Crippen LogP contribution in [0.2, 0.25) is 0 Å². The van der Waals surface area contributed by atoms with Gasteiger partial charge in [-0.2, -0.15) is 0 Å². The first-order valence-corrected chi connectivity index (χ1v) is 3.45. The number of hydrogen-bond acceptors (Lipinski definition) is 2. The fourth-order valence-corrected chi connectivity index (χ4v) is 0.831. The van der Waals surface area contributed by atoms with Gasteiger partial charge in [-0.05, 0) is 0 Å². The van der Waals surface area contributed by atoms with E-state index in [1.54, 1.807) is 12.1 Å². The zero-order valence-corrected chi connectivity index (χ0v) is 6.37. The van der Waals surface area contributed by atoms with Crippen LogP contribution in [-0.2, 0) is 0 Å². The maximum Gasteiger partial charge on any atom is 0.188 e. The van der Waals surface area contributed by atoms with Gasteiger partial charge in [-0.25, -0.2) is 0 Å². The zero-order chi connectivity index (χ0) is 8.27. The van der Waals surface area contributed by atoms with E-state index < -0.39 is 6.61 Å². The highest BCUT2D eigenvalue weighted by atomic mass is 16.3. The first kappa shape index (κ1) is 8.02. The van der Waals surface area contributed by atoms with Crippen molar-refractivity contribution in [3.05, 3.63) is 29.8 Å². The minimum atomic E-state index is -0.414. The molecule has 0 fully saturated rings. The number of aliphatic hydroxyl groups is 1. The van der Waals surface area contributed by atoms with Gasteiger partial charge in [0.05, 0.1) is 0 Å². The molecule has 56 valence electrons. The molecule has 0 aliphatic rings. The van der Waals surface area contributed by atoms with Crippen molar-refractivity contribution in [1.82, 2.24) is 0 Å². The van der Waals surface area contributed by atoms with E-state index in [-0.39, 0.29) is 5.78 Å². The molecule has 0 aromatic heterocycles. The van der Waals surface area contributed by atoms with E-state index in [0.29, 0.717) is 5.56 Å². The van der Waals surface area contributed by atoms with E-state index in [9.17, 15) is 4.79 Å². The van der Waals surface area contributed by atoms with Crippen LogP contribution in [0.1, 0.15) is 10.4 Å². The summed E-state index contributed by atoms with van der Waals surface area (Å²) in [5.74, 6) is -0.231. The summed E-state index contributed by atoms with van der Waals surface area (Å²) in [6.45, 7) is -0.414. The SMILES string of the molecule is Bc1ccc(C(=O)CO)cc1. The summed E-state index contributed by atoms with van der Waals surface area (Å²) in [6.07, 6.45) is 0. The normalized spacial score (nSPS) is 9.55. The zero-order valence-electron chi connectivity index (χ0n) is 6.37. The molecular formula is C8H9BO2. The Hall–Kier alpha value is -1.09. The lowest BCUT2D eigenvalue weighted by Crippen LogP contribution is -2.07. The summed E-state index contributed by atoms with van der Waals surface area (Å²) in [4.78, 5) is 10.9. The number of Topliss-reactive ketones (excluding diaryl/α,β-unsaturated/α-hetero) is 1. The van der Waals surface area contributed by atoms with Crippen LogP contribution in [0.25, 0.3) is 0 Å². The summed E-state index contributed by atoms with van der Waals surface area (Å²) < 4.78 is 0. The van der Waals surface area contributed by atoms with Gasteiger partial charge in [-0.1, -0.05) is 29.7 Å². The molecule has 1 aromatic rings. The number of rotatable bonds is 2. The Bertz CT molecular complexity index is 253. The monoisotopic (exact) mass is 148 g/mol. The van der Waals surface area contributed by atoms with Crippen molar-refractivity contribution in [2.45, 2.75) is 0 Å². The molecule has 0 amide bonds. The van der Waals surface area contributed by atoms with Gasteiger partial charge in [0.25, 0.3) is 0 Å². The van der Waals surface area contributed by atoms with Gasteiger partial charge in [0, 0.05) is 5.56 Å². The van der Waals surface area contributed by atoms with E-state index in [1.807, 2.05) is 20.0 Å². The van der Waals surface area contributed by atoms with Gasteiger partial charge in [0.2, 0.25) is 0 Å². The molecule has 2 nitrogen and oxygen atoms in total. The van der Waals surface area contributed by atoms with E-state index in [4.69, 9.17) is 5.11 Å². The molecule has 0 saturated heterocycles. The highest BCUT2D eigenvalue weighted by Crippen LogP contribution is 1.96. The largest absolute Gasteiger partial charge is 0.388 e. The Kier molecular flexibility index (Phi) is 2.44. The lowest BCUT2D eigenvalue weighted by molar-refractivity contribution is 0.0904. The average Bonchev–Trinajstić information content (AvgIpc) is 2.05. The molecule has 0 spiro atoms. The highest BCUT2D eigenvalue weighted by Gasteiger charge is 2.01. The standard InChI is InChI=1S/C8H9BO2/c9-7-3-1-6(2-4-7)8(11)5-10/h1-4,10H,5,9H2. The van der Waals surface area contributed by atoms with Crippen molar-refractivity contribution in [3.63, 3.8) is 0 Å². The third-order valence-electron chi connectivity index (χ3n) is 1.52. The summed E-state index contributed by atoms with van der Waals surface area (Å²) in [5, 5.41) is 8.51. The van der Waals surface area contributed by atoms with Crippen molar-refractivity contribution < 1.29 is 9.90 Å². The van der Waals surface area contributed by atoms with Gasteiger partial charge < -0.3 is 5.11 Å². The summed E-state index contributed by atoms with van der Waals surface area (Å²) in [7, 11) is 1.95. The van der Waals surface area contributed by atoms with E-state index in [0.717, 1.165) is 5.46 Å². The second-order valence-corrected chi connectivity index (χ2v) is 2.45. The van der Waals surface area contributed by atoms with Gasteiger partial charge in [0.15, 0.2) is 5.78 Å². The Labute approximate surface area is 66.3 Å². The average molecular weight is 148 g/mol. The quantitative estimate of drug-likeness (QED) is 0.436. The molecule has 1 aromatic carbocycles. The third kappa shape index (κ3) is 1.92. The summed E-state index contributed by atoms with van der Waals surface area (Å²) >= 11 is 0. The fourth-order valence-electron chi connectivity index (χ4n) is 0.831. The van der Waals surface area contributed by atoms with Crippen LogP contribution in [-0.4, -0.2) is 25.3 Å². The molecule has 0 saturated carbocycles. The molecule has 0 heterocycles. The van der Waals surface area contributed by atoms with Crippen LogP contribution >= 0.6 is 0 Å². The molecule has 3 heteroatoms. The second kappa shape index (κ2) is 3.35. The van der Waals surface area contributed by atoms with E-state index in [2.05, 4.69) is 0 Å². The lowest BCUT2D eigenvalue weighted by atomic mass is 9.95. The smallest absolute Gasteiger partial charge is 0.188 e. The van der Waals surface area contributed by atoms with Gasteiger partial charge in [0.1, 0.15) is 14.5 Å². The number of carbonyl (C=O) groups is 1. The minimum Gasteiger partial charge on any atom is -0.388 e. The van der Waals surface area contributed by atoms with Crippen LogP contribution in [0, 0.1) is 0 Å². The molecule has 0 aliphatic heterocycles. The topological polar surface area (TPSA) is 37.3 Å². The van der Waals surface area contributed by atoms with Gasteiger partial charge in [-0.15, -0.1) is 0 Å². The molecule has 1 rings (SSSR count). The van der Waals surface area contributed by atoms with E-state index >= 15 is 0 Å². The third-order valence-corrected chi connectivity index (χ3v) is 1.52. The van der Waals surface area contributed by atoms with Crippen LogP contribution in [0.4, 0.5) is 0 Å². The van der Waals surface area contributed by atoms with Crippen molar-refractivity contribution >= 4 is 19.1 Å². The Morgan fingerprint density at radius 2 is 1.91 bits per heavy atom. The van der Waals surface area contributed by atoms with E-state index in [1.165, 1.54) is 0 Å². The van der Waals surface area contributed by atoms with Crippen molar-refractivity contribution in [3.8, 4) is 0 Å². The minimum absolute atomic E-state index is 0.231. The van der Waals surface area contributed by atoms with Crippen molar-refractivity contribution in [2.75, 3.05) is 6.61 Å². The first-order valence-electron chi connectivity index (χ1n) is 3.45. The summed E-state index contributed by atoms with van der Waals surface area (Å²) in [5.41, 5.74) is 1.68. The second-order valence-electron chi connectivity index (χ2n) is 2.45. The molecule has 1 N–H and O–H groups in total. The predicted octanol–water partition coefficient (Wildman–Crippen LogP) is -0.880.